The second-order valence-corrected chi connectivity index (χ2v) is 10.0. The molecule has 0 fully saturated rings. The first-order chi connectivity index (χ1) is 14.5. The predicted molar refractivity (Wildman–Crippen MR) is 121 cm³/mol. The van der Waals surface area contributed by atoms with Crippen LogP contribution in [0.2, 0.25) is 0 Å². The molecule has 1 amide bonds. The predicted octanol–water partition coefficient (Wildman–Crippen LogP) is 3.11. The second-order valence-electron chi connectivity index (χ2n) is 7.08. The van der Waals surface area contributed by atoms with Crippen LogP contribution in [-0.2, 0) is 15.8 Å². The standard InChI is InChI=1S/C24H27N2O3P/c1-3-25(4-2)24(27)23(19-20-13-11-12-18-26(20)28)30(29,21-14-7-5-8-15-21)22-16-9-6-10-17-22/h5-18,23H,3-4,19H2,1-2H3. The van der Waals surface area contributed by atoms with Crippen molar-refractivity contribution in [1.82, 2.24) is 4.90 Å². The van der Waals surface area contributed by atoms with Gasteiger partial charge in [-0.25, -0.2) is 0 Å². The van der Waals surface area contributed by atoms with Gasteiger partial charge in [-0.1, -0.05) is 66.7 Å². The Kier molecular flexibility index (Phi) is 7.07. The van der Waals surface area contributed by atoms with Crippen LogP contribution in [0.25, 0.3) is 0 Å². The molecule has 0 N–H and O–H groups in total. The van der Waals surface area contributed by atoms with E-state index in [2.05, 4.69) is 0 Å². The maximum Gasteiger partial charge on any atom is 0.234 e. The lowest BCUT2D eigenvalue weighted by Gasteiger charge is -2.31. The minimum Gasteiger partial charge on any atom is -0.619 e. The van der Waals surface area contributed by atoms with E-state index in [4.69, 9.17) is 0 Å². The number of pyridine rings is 1. The van der Waals surface area contributed by atoms with Gasteiger partial charge in [0.25, 0.3) is 0 Å². The van der Waals surface area contributed by atoms with Crippen LogP contribution >= 0.6 is 7.14 Å². The van der Waals surface area contributed by atoms with Crippen molar-refractivity contribution in [1.29, 1.82) is 0 Å². The van der Waals surface area contributed by atoms with E-state index in [9.17, 15) is 14.6 Å². The number of benzene rings is 2. The van der Waals surface area contributed by atoms with Crippen molar-refractivity contribution in [2.75, 3.05) is 13.1 Å². The molecule has 3 rings (SSSR count). The Hall–Kier alpha value is -2.91. The molecule has 0 aliphatic rings. The molecule has 1 unspecified atom stereocenters. The number of amides is 1. The van der Waals surface area contributed by atoms with Crippen molar-refractivity contribution in [2.24, 2.45) is 0 Å². The fourth-order valence-electron chi connectivity index (χ4n) is 3.75. The molecule has 0 radical (unpaired) electrons. The van der Waals surface area contributed by atoms with Gasteiger partial charge in [0.2, 0.25) is 5.91 Å². The number of carbonyl (C=O) groups is 1. The Bertz CT molecular complexity index is 977. The Morgan fingerprint density at radius 2 is 1.40 bits per heavy atom. The van der Waals surface area contributed by atoms with E-state index in [1.807, 2.05) is 74.5 Å². The van der Waals surface area contributed by atoms with Crippen LogP contribution in [0.3, 0.4) is 0 Å². The maximum absolute atomic E-state index is 14.9. The van der Waals surface area contributed by atoms with Crippen LogP contribution in [0.15, 0.2) is 85.1 Å². The van der Waals surface area contributed by atoms with Gasteiger partial charge in [-0.15, -0.1) is 0 Å². The van der Waals surface area contributed by atoms with E-state index in [-0.39, 0.29) is 12.3 Å². The molecule has 0 saturated heterocycles. The minimum atomic E-state index is -3.40. The van der Waals surface area contributed by atoms with Crippen molar-refractivity contribution in [3.8, 4) is 0 Å². The van der Waals surface area contributed by atoms with Crippen molar-refractivity contribution >= 4 is 23.7 Å². The highest BCUT2D eigenvalue weighted by atomic mass is 31.2. The third kappa shape index (κ3) is 4.31. The van der Waals surface area contributed by atoms with Crippen molar-refractivity contribution < 1.29 is 14.1 Å². The Morgan fingerprint density at radius 1 is 0.900 bits per heavy atom. The zero-order chi connectivity index (χ0) is 21.6. The van der Waals surface area contributed by atoms with Crippen molar-refractivity contribution in [2.45, 2.75) is 25.9 Å². The summed E-state index contributed by atoms with van der Waals surface area (Å²) >= 11 is 0. The number of nitrogens with zero attached hydrogens (tertiary/aromatic N) is 2. The van der Waals surface area contributed by atoms with E-state index < -0.39 is 12.8 Å². The molecule has 1 atom stereocenters. The van der Waals surface area contributed by atoms with Crippen molar-refractivity contribution in [3.05, 3.63) is 96.0 Å². The molecule has 5 nitrogen and oxygen atoms in total. The maximum atomic E-state index is 14.9. The van der Waals surface area contributed by atoms with Gasteiger partial charge in [-0.2, -0.15) is 4.73 Å². The highest BCUT2D eigenvalue weighted by Crippen LogP contribution is 2.50. The first-order valence-electron chi connectivity index (χ1n) is 10.2. The smallest absolute Gasteiger partial charge is 0.234 e. The molecule has 0 aliphatic carbocycles. The van der Waals surface area contributed by atoms with Gasteiger partial charge in [-0.05, 0) is 13.8 Å². The quantitative estimate of drug-likeness (QED) is 0.318. The normalized spacial score (nSPS) is 12.3. The lowest BCUT2D eigenvalue weighted by Crippen LogP contribution is -2.45. The summed E-state index contributed by atoms with van der Waals surface area (Å²) in [6, 6.07) is 23.4. The summed E-state index contributed by atoms with van der Waals surface area (Å²) in [6.45, 7) is 4.85. The average Bonchev–Trinajstić information content (AvgIpc) is 2.80. The molecular weight excluding hydrogens is 395 g/mol. The lowest BCUT2D eigenvalue weighted by molar-refractivity contribution is -0.613. The van der Waals surface area contributed by atoms with Crippen LogP contribution in [-0.4, -0.2) is 29.6 Å². The van der Waals surface area contributed by atoms with Gasteiger partial charge in [0.05, 0.1) is 6.42 Å². The average molecular weight is 422 g/mol. The molecule has 1 aromatic heterocycles. The summed E-state index contributed by atoms with van der Waals surface area (Å²) < 4.78 is 15.6. The van der Waals surface area contributed by atoms with Gasteiger partial charge in [0.15, 0.2) is 19.0 Å². The molecule has 0 bridgehead atoms. The fraction of sp³-hybridized carbons (Fsp3) is 0.250. The van der Waals surface area contributed by atoms with Gasteiger partial charge in [0.1, 0.15) is 5.66 Å². The number of aromatic nitrogens is 1. The summed E-state index contributed by atoms with van der Waals surface area (Å²) in [4.78, 5) is 15.4. The molecular formula is C24H27N2O3P. The Labute approximate surface area is 177 Å². The first-order valence-corrected chi connectivity index (χ1v) is 12.0. The molecule has 0 spiro atoms. The molecule has 30 heavy (non-hydrogen) atoms. The highest BCUT2D eigenvalue weighted by molar-refractivity contribution is 7.80. The zero-order valence-corrected chi connectivity index (χ0v) is 18.2. The van der Waals surface area contributed by atoms with Gasteiger partial charge >= 0.3 is 0 Å². The van der Waals surface area contributed by atoms with Crippen LogP contribution < -0.4 is 15.3 Å². The SMILES string of the molecule is CCN(CC)C(=O)C(Cc1cccc[n+]1[O-])P(=O)(c1ccccc1)c1ccccc1. The molecule has 0 aliphatic heterocycles. The zero-order valence-electron chi connectivity index (χ0n) is 17.3. The lowest BCUT2D eigenvalue weighted by atomic mass is 10.2. The van der Waals surface area contributed by atoms with Crippen LogP contribution in [0, 0.1) is 5.21 Å². The highest BCUT2D eigenvalue weighted by Gasteiger charge is 2.44. The van der Waals surface area contributed by atoms with Gasteiger partial charge < -0.3 is 14.7 Å². The largest absolute Gasteiger partial charge is 0.619 e. The third-order valence-corrected chi connectivity index (χ3v) is 8.80. The molecule has 3 aromatic rings. The first kappa shape index (κ1) is 21.8. The number of hydrogen-bond acceptors (Lipinski definition) is 3. The summed E-state index contributed by atoms with van der Waals surface area (Å²) in [6.07, 6.45) is 1.50. The minimum absolute atomic E-state index is 0.0980. The van der Waals surface area contributed by atoms with Crippen LogP contribution in [0.4, 0.5) is 0 Å². The molecule has 6 heteroatoms. The molecule has 0 saturated carbocycles. The summed E-state index contributed by atoms with van der Waals surface area (Å²) in [7, 11) is -3.40. The third-order valence-electron chi connectivity index (χ3n) is 5.39. The summed E-state index contributed by atoms with van der Waals surface area (Å²) in [5, 5.41) is 13.6. The van der Waals surface area contributed by atoms with Gasteiger partial charge in [0, 0.05) is 35.8 Å². The molecule has 2 aromatic carbocycles. The second kappa shape index (κ2) is 9.73. The van der Waals surface area contributed by atoms with Crippen molar-refractivity contribution in [3.63, 3.8) is 0 Å². The van der Waals surface area contributed by atoms with E-state index in [1.54, 1.807) is 23.1 Å². The van der Waals surface area contributed by atoms with E-state index in [1.165, 1.54) is 6.20 Å². The van der Waals surface area contributed by atoms with E-state index in [0.29, 0.717) is 29.4 Å². The molecule has 1 heterocycles. The van der Waals surface area contributed by atoms with Gasteiger partial charge in [-0.3, -0.25) is 4.79 Å². The van der Waals surface area contributed by atoms with Crippen LogP contribution in [0.5, 0.6) is 0 Å². The summed E-state index contributed by atoms with van der Waals surface area (Å²) in [5.74, 6) is -0.195. The number of carbonyl (C=O) groups excluding carboxylic acids is 1. The van der Waals surface area contributed by atoms with E-state index in [0.717, 1.165) is 4.73 Å². The monoisotopic (exact) mass is 422 g/mol. The van der Waals surface area contributed by atoms with Crippen LogP contribution in [0.1, 0.15) is 19.5 Å². The topological polar surface area (TPSA) is 64.3 Å². The molecule has 156 valence electrons. The summed E-state index contributed by atoms with van der Waals surface area (Å²) in [5.41, 5.74) is -0.445. The van der Waals surface area contributed by atoms with E-state index >= 15 is 0 Å². The fourth-order valence-corrected chi connectivity index (χ4v) is 6.91. The Morgan fingerprint density at radius 3 is 1.87 bits per heavy atom. The number of rotatable bonds is 8. The Balaban J connectivity index is 2.22. The number of hydrogen-bond donors (Lipinski definition) is 0.